The van der Waals surface area contributed by atoms with E-state index < -0.39 is 20.4 Å². The Morgan fingerprint density at radius 1 is 1.58 bits per heavy atom. The Balaban J connectivity index is 3.96. The Bertz CT molecular complexity index is 238. The zero-order valence-electron chi connectivity index (χ0n) is 6.30. The molecule has 0 amide bonds. The summed E-state index contributed by atoms with van der Waals surface area (Å²) in [7, 11) is -4.50. The highest BCUT2D eigenvalue weighted by atomic mass is 31.2. The number of hydrogen-bond donors (Lipinski definition) is 3. The average Bonchev–Trinajstić information content (AvgIpc) is 1.80. The fourth-order valence-electron chi connectivity index (χ4n) is 0.438. The minimum atomic E-state index is -4.50. The molecule has 7 heteroatoms. The van der Waals surface area contributed by atoms with E-state index in [2.05, 4.69) is 4.52 Å². The van der Waals surface area contributed by atoms with Crippen LogP contribution < -0.4 is 0 Å². The lowest BCUT2D eigenvalue weighted by Gasteiger charge is -2.03. The number of rotatable bonds is 4. The minimum Gasteiger partial charge on any atom is -0.478 e. The number of aliphatic carboxylic acids is 1. The third kappa shape index (κ3) is 7.43. The number of hydrogen-bond acceptors (Lipinski definition) is 3. The molecule has 0 unspecified atom stereocenters. The van der Waals surface area contributed by atoms with Gasteiger partial charge in [0.25, 0.3) is 0 Å². The van der Waals surface area contributed by atoms with Crippen LogP contribution in [-0.4, -0.2) is 27.5 Å². The van der Waals surface area contributed by atoms with Crippen molar-refractivity contribution in [2.24, 2.45) is 0 Å². The van der Waals surface area contributed by atoms with Crippen LogP contribution in [0.3, 0.4) is 0 Å². The van der Waals surface area contributed by atoms with E-state index in [-0.39, 0.29) is 5.57 Å². The van der Waals surface area contributed by atoms with E-state index >= 15 is 0 Å². The minimum absolute atomic E-state index is 0.228. The highest BCUT2D eigenvalue weighted by Gasteiger charge is 2.13. The molecule has 0 aromatic rings. The number of carbonyl (C=O) groups is 1. The molecule has 0 radical (unpaired) electrons. The Morgan fingerprint density at radius 2 is 2.08 bits per heavy atom. The van der Waals surface area contributed by atoms with E-state index in [1.807, 2.05) is 0 Å². The molecule has 0 atom stereocenters. The molecule has 6 nitrogen and oxygen atoms in total. The first-order valence-corrected chi connectivity index (χ1v) is 4.44. The maximum atomic E-state index is 10.1. The molecule has 0 aromatic carbocycles. The summed E-state index contributed by atoms with van der Waals surface area (Å²) in [4.78, 5) is 26.4. The number of carboxylic acids is 1. The van der Waals surface area contributed by atoms with Crippen LogP contribution in [0.1, 0.15) is 6.92 Å². The molecule has 3 N–H and O–H groups in total. The van der Waals surface area contributed by atoms with E-state index in [0.29, 0.717) is 0 Å². The zero-order chi connectivity index (χ0) is 9.78. The summed E-state index contributed by atoms with van der Waals surface area (Å²) in [5.41, 5.74) is 0.228. The molecule has 0 rings (SSSR count). The lowest BCUT2D eigenvalue weighted by atomic mass is 10.3. The summed E-state index contributed by atoms with van der Waals surface area (Å²) in [5, 5.41) is 8.19. The van der Waals surface area contributed by atoms with Crippen molar-refractivity contribution in [2.45, 2.75) is 6.92 Å². The normalized spacial score (nSPS) is 13.1. The summed E-state index contributed by atoms with van der Waals surface area (Å²) in [6, 6.07) is 0. The Labute approximate surface area is 68.7 Å². The van der Waals surface area contributed by atoms with Crippen LogP contribution >= 0.6 is 7.82 Å². The quantitative estimate of drug-likeness (QED) is 0.436. The van der Waals surface area contributed by atoms with Crippen molar-refractivity contribution < 1.29 is 28.8 Å². The third-order valence-corrected chi connectivity index (χ3v) is 1.30. The Kier molecular flexibility index (Phi) is 4.12. The summed E-state index contributed by atoms with van der Waals surface area (Å²) in [6.45, 7) is 1.00. The molecule has 0 saturated carbocycles. The number of phosphoric ester groups is 1. The standard InChI is InChI=1S/C5H9O6P/c1-4(2-5(6)7)3-11-12(8,9)10/h2H,3H2,1H3,(H,6,7)(H2,8,9,10). The van der Waals surface area contributed by atoms with E-state index in [4.69, 9.17) is 14.9 Å². The lowest BCUT2D eigenvalue weighted by molar-refractivity contribution is -0.131. The van der Waals surface area contributed by atoms with Gasteiger partial charge < -0.3 is 14.9 Å². The maximum Gasteiger partial charge on any atom is 0.469 e. The van der Waals surface area contributed by atoms with E-state index in [1.165, 1.54) is 6.92 Å². The monoisotopic (exact) mass is 196 g/mol. The summed E-state index contributed by atoms with van der Waals surface area (Å²) < 4.78 is 14.1. The summed E-state index contributed by atoms with van der Waals surface area (Å²) in [5.74, 6) is -1.18. The molecule has 0 heterocycles. The second kappa shape index (κ2) is 4.37. The maximum absolute atomic E-state index is 10.1. The second-order valence-corrected chi connectivity index (χ2v) is 3.33. The predicted octanol–water partition coefficient (Wildman–Crippen LogP) is 0.127. The van der Waals surface area contributed by atoms with Gasteiger partial charge in [-0.05, 0) is 12.5 Å². The first-order chi connectivity index (χ1) is 5.31. The fraction of sp³-hybridized carbons (Fsp3) is 0.400. The molecule has 0 aromatic heterocycles. The number of phosphoric acid groups is 1. The van der Waals surface area contributed by atoms with Gasteiger partial charge in [0.15, 0.2) is 0 Å². The van der Waals surface area contributed by atoms with Crippen molar-refractivity contribution in [1.29, 1.82) is 0 Å². The van der Waals surface area contributed by atoms with Crippen molar-refractivity contribution in [2.75, 3.05) is 6.61 Å². The van der Waals surface area contributed by atoms with Crippen LogP contribution in [0.2, 0.25) is 0 Å². The summed E-state index contributed by atoms with van der Waals surface area (Å²) >= 11 is 0. The molecule has 70 valence electrons. The second-order valence-electron chi connectivity index (χ2n) is 2.09. The van der Waals surface area contributed by atoms with Gasteiger partial charge in [0.1, 0.15) is 0 Å². The highest BCUT2D eigenvalue weighted by Crippen LogP contribution is 2.35. The van der Waals surface area contributed by atoms with E-state index in [9.17, 15) is 9.36 Å². The molecule has 0 aliphatic carbocycles. The molecular weight excluding hydrogens is 187 g/mol. The molecule has 0 saturated heterocycles. The molecule has 12 heavy (non-hydrogen) atoms. The Hall–Kier alpha value is -0.680. The lowest BCUT2D eigenvalue weighted by Crippen LogP contribution is -1.97. The highest BCUT2D eigenvalue weighted by molar-refractivity contribution is 7.46. The molecule has 0 aliphatic rings. The SMILES string of the molecule is CC(=CC(=O)O)COP(=O)(O)O. The zero-order valence-corrected chi connectivity index (χ0v) is 7.19. The fourth-order valence-corrected chi connectivity index (χ4v) is 0.810. The van der Waals surface area contributed by atoms with Gasteiger partial charge in [-0.15, -0.1) is 0 Å². The third-order valence-electron chi connectivity index (χ3n) is 0.830. The molecule has 0 aliphatic heterocycles. The van der Waals surface area contributed by atoms with Gasteiger partial charge in [0.2, 0.25) is 0 Å². The van der Waals surface area contributed by atoms with Crippen LogP contribution in [0, 0.1) is 0 Å². The van der Waals surface area contributed by atoms with Crippen LogP contribution in [0.15, 0.2) is 11.6 Å². The smallest absolute Gasteiger partial charge is 0.469 e. The van der Waals surface area contributed by atoms with E-state index in [0.717, 1.165) is 6.08 Å². The van der Waals surface area contributed by atoms with Crippen molar-refractivity contribution in [3.63, 3.8) is 0 Å². The van der Waals surface area contributed by atoms with Crippen molar-refractivity contribution in [3.8, 4) is 0 Å². The predicted molar refractivity (Wildman–Crippen MR) is 39.4 cm³/mol. The Morgan fingerprint density at radius 3 is 2.42 bits per heavy atom. The average molecular weight is 196 g/mol. The number of carboxylic acid groups (broad SMARTS) is 1. The molecular formula is C5H9O6P. The van der Waals surface area contributed by atoms with Crippen LogP contribution in [0.4, 0.5) is 0 Å². The van der Waals surface area contributed by atoms with Gasteiger partial charge >= 0.3 is 13.8 Å². The van der Waals surface area contributed by atoms with Crippen LogP contribution in [0.25, 0.3) is 0 Å². The first kappa shape index (κ1) is 11.3. The van der Waals surface area contributed by atoms with Crippen molar-refractivity contribution in [3.05, 3.63) is 11.6 Å². The van der Waals surface area contributed by atoms with Gasteiger partial charge in [-0.2, -0.15) is 0 Å². The molecule has 0 spiro atoms. The van der Waals surface area contributed by atoms with Crippen LogP contribution in [-0.2, 0) is 13.9 Å². The van der Waals surface area contributed by atoms with Gasteiger partial charge in [-0.3, -0.25) is 4.52 Å². The van der Waals surface area contributed by atoms with E-state index in [1.54, 1.807) is 0 Å². The van der Waals surface area contributed by atoms with Crippen LogP contribution in [0.5, 0.6) is 0 Å². The summed E-state index contributed by atoms with van der Waals surface area (Å²) in [6.07, 6.45) is 0.815. The molecule has 0 bridgehead atoms. The molecule has 0 fully saturated rings. The largest absolute Gasteiger partial charge is 0.478 e. The van der Waals surface area contributed by atoms with Gasteiger partial charge in [-0.1, -0.05) is 0 Å². The van der Waals surface area contributed by atoms with Gasteiger partial charge in [0, 0.05) is 6.08 Å². The first-order valence-electron chi connectivity index (χ1n) is 2.91. The van der Waals surface area contributed by atoms with Gasteiger partial charge in [-0.25, -0.2) is 9.36 Å². The topological polar surface area (TPSA) is 104 Å². The van der Waals surface area contributed by atoms with Crippen molar-refractivity contribution >= 4 is 13.8 Å². The van der Waals surface area contributed by atoms with Crippen molar-refractivity contribution in [1.82, 2.24) is 0 Å². The van der Waals surface area contributed by atoms with Gasteiger partial charge in [0.05, 0.1) is 6.61 Å².